The average molecular weight is 843 g/mol. The van der Waals surface area contributed by atoms with E-state index in [1.54, 1.807) is 0 Å². The minimum atomic E-state index is -1.38. The highest BCUT2D eigenvalue weighted by atomic mass is 16.5. The lowest BCUT2D eigenvalue weighted by molar-refractivity contribution is -0.150. The zero-order valence-electron chi connectivity index (χ0n) is 38.5. The van der Waals surface area contributed by atoms with E-state index in [9.17, 15) is 19.2 Å². The van der Waals surface area contributed by atoms with Gasteiger partial charge >= 0.3 is 11.9 Å². The van der Waals surface area contributed by atoms with Crippen molar-refractivity contribution >= 4 is 23.8 Å². The molecule has 4 N–H and O–H groups in total. The van der Waals surface area contributed by atoms with Crippen molar-refractivity contribution in [1.29, 1.82) is 0 Å². The molecule has 346 valence electrons. The number of carbonyl (C=O) groups is 4. The van der Waals surface area contributed by atoms with E-state index < -0.39 is 24.5 Å². The lowest BCUT2D eigenvalue weighted by Gasteiger charge is -2.18. The van der Waals surface area contributed by atoms with Gasteiger partial charge in [0.25, 0.3) is 0 Å². The van der Waals surface area contributed by atoms with E-state index in [1.807, 2.05) is 0 Å². The molecule has 0 aliphatic carbocycles. The van der Waals surface area contributed by atoms with Crippen LogP contribution in [0.3, 0.4) is 0 Å². The zero-order chi connectivity index (χ0) is 44.0. The van der Waals surface area contributed by atoms with Crippen molar-refractivity contribution in [1.82, 2.24) is 10.6 Å². The molecule has 0 spiro atoms. The van der Waals surface area contributed by atoms with E-state index in [-0.39, 0.29) is 24.5 Å². The van der Waals surface area contributed by atoms with E-state index >= 15 is 0 Å². The third-order valence-electron chi connectivity index (χ3n) is 10.8. The number of ether oxygens (including phenoxy) is 1. The number of hydrogen-bond acceptors (Lipinski definition) is 6. The molecule has 0 rings (SSSR count). The van der Waals surface area contributed by atoms with E-state index in [4.69, 9.17) is 14.9 Å². The number of aliphatic hydroxyl groups excluding tert-OH is 1. The van der Waals surface area contributed by atoms with Gasteiger partial charge in [-0.3, -0.25) is 14.4 Å². The highest BCUT2D eigenvalue weighted by Crippen LogP contribution is 2.19. The molecule has 0 radical (unpaired) electrons. The van der Waals surface area contributed by atoms with E-state index in [0.717, 1.165) is 83.5 Å². The molecule has 60 heavy (non-hydrogen) atoms. The molecule has 9 nitrogen and oxygen atoms in total. The molecule has 0 aromatic carbocycles. The minimum absolute atomic E-state index is 0.0174. The number of hydrogen-bond donors (Lipinski definition) is 4. The minimum Gasteiger partial charge on any atom is -0.480 e. The van der Waals surface area contributed by atoms with Crippen LogP contribution in [0.15, 0.2) is 48.6 Å². The zero-order valence-corrected chi connectivity index (χ0v) is 38.5. The van der Waals surface area contributed by atoms with Gasteiger partial charge in [0.2, 0.25) is 11.8 Å². The first-order chi connectivity index (χ1) is 29.3. The second kappa shape index (κ2) is 45.3. The van der Waals surface area contributed by atoms with Crippen LogP contribution in [0, 0.1) is 0 Å². The van der Waals surface area contributed by atoms with Crippen molar-refractivity contribution in [2.75, 3.05) is 13.2 Å². The lowest BCUT2D eigenvalue weighted by atomic mass is 10.0. The highest BCUT2D eigenvalue weighted by Gasteiger charge is 2.19. The summed E-state index contributed by atoms with van der Waals surface area (Å²) >= 11 is 0. The van der Waals surface area contributed by atoms with Crippen molar-refractivity contribution in [2.45, 2.75) is 238 Å². The fourth-order valence-electron chi connectivity index (χ4n) is 7.12. The normalized spacial score (nSPS) is 12.8. The highest BCUT2D eigenvalue weighted by molar-refractivity contribution is 5.87. The quantitative estimate of drug-likeness (QED) is 0.0272. The Balaban J connectivity index is 4.24. The first-order valence-corrected chi connectivity index (χ1v) is 24.5. The van der Waals surface area contributed by atoms with Crippen molar-refractivity contribution in [3.8, 4) is 0 Å². The van der Waals surface area contributed by atoms with Gasteiger partial charge in [0, 0.05) is 12.8 Å². The monoisotopic (exact) mass is 843 g/mol. The van der Waals surface area contributed by atoms with Crippen molar-refractivity contribution in [3.05, 3.63) is 48.6 Å². The van der Waals surface area contributed by atoms with Gasteiger partial charge < -0.3 is 25.6 Å². The summed E-state index contributed by atoms with van der Waals surface area (Å²) in [4.78, 5) is 47.7. The third-order valence-corrected chi connectivity index (χ3v) is 10.8. The maximum absolute atomic E-state index is 12.9. The molecule has 0 aromatic heterocycles. The molecule has 0 saturated heterocycles. The molecule has 0 heterocycles. The molecule has 0 bridgehead atoms. The number of aliphatic hydroxyl groups is 1. The second-order valence-electron chi connectivity index (χ2n) is 16.5. The number of nitrogens with one attached hydrogen (secondary N) is 2. The predicted molar refractivity (Wildman–Crippen MR) is 250 cm³/mol. The molecule has 0 aromatic rings. The SMILES string of the molecule is CC/C=C\C/C=C\C/C=C\C/C=C\CCCCCCCCCCC(=O)OC(CCCCCCCCCCCCC)CCCCCCCC(=O)NCC(=O)NC(CO)C(=O)O. The second-order valence-corrected chi connectivity index (χ2v) is 16.5. The van der Waals surface area contributed by atoms with Crippen molar-refractivity contribution in [2.24, 2.45) is 0 Å². The van der Waals surface area contributed by atoms with Crippen LogP contribution in [0.5, 0.6) is 0 Å². The Morgan fingerprint density at radius 1 is 0.517 bits per heavy atom. The molecule has 0 saturated carbocycles. The maximum atomic E-state index is 12.9. The largest absolute Gasteiger partial charge is 0.480 e. The molecule has 0 fully saturated rings. The van der Waals surface area contributed by atoms with Gasteiger partial charge in [-0.1, -0.05) is 184 Å². The van der Waals surface area contributed by atoms with Crippen LogP contribution in [-0.2, 0) is 23.9 Å². The summed E-state index contributed by atoms with van der Waals surface area (Å²) in [7, 11) is 0. The Hall–Kier alpha value is -3.20. The first-order valence-electron chi connectivity index (χ1n) is 24.5. The van der Waals surface area contributed by atoms with E-state index in [0.29, 0.717) is 19.3 Å². The lowest BCUT2D eigenvalue weighted by Crippen LogP contribution is -2.47. The van der Waals surface area contributed by atoms with Crippen LogP contribution in [-0.4, -0.2) is 59.3 Å². The number of amides is 2. The summed E-state index contributed by atoms with van der Waals surface area (Å²) in [5.74, 6) is -2.29. The first kappa shape index (κ1) is 56.8. The fraction of sp³-hybridized carbons (Fsp3) is 0.765. The number of aliphatic carboxylic acids is 1. The Morgan fingerprint density at radius 3 is 1.43 bits per heavy atom. The Labute approximate surface area is 367 Å². The average Bonchev–Trinajstić information content (AvgIpc) is 3.23. The standard InChI is InChI=1S/C51H90N2O7/c1-3-5-7-9-11-13-15-16-17-18-19-20-21-22-23-24-26-28-30-35-39-43-50(57)60-46(40-36-32-29-27-25-14-12-10-8-6-4-2)41-37-33-31-34-38-42-48(55)52-44-49(56)53-47(45-54)51(58)59/h5,7,11,13,16-17,19-20,46-47,54H,3-4,6,8-10,12,14-15,18,21-45H2,1-2H3,(H,52,55)(H,53,56)(H,58,59)/b7-5-,13-11-,17-16-,20-19-. The number of carboxylic acid groups (broad SMARTS) is 1. The van der Waals surface area contributed by atoms with Gasteiger partial charge in [0.1, 0.15) is 12.1 Å². The van der Waals surface area contributed by atoms with Crippen LogP contribution in [0.2, 0.25) is 0 Å². The molecular formula is C51H90N2O7. The summed E-state index contributed by atoms with van der Waals surface area (Å²) in [6.07, 6.45) is 54.3. The summed E-state index contributed by atoms with van der Waals surface area (Å²) < 4.78 is 6.05. The molecule has 0 aliphatic rings. The van der Waals surface area contributed by atoms with Crippen LogP contribution in [0.4, 0.5) is 0 Å². The van der Waals surface area contributed by atoms with Gasteiger partial charge in [0.15, 0.2) is 0 Å². The van der Waals surface area contributed by atoms with Gasteiger partial charge in [-0.25, -0.2) is 4.79 Å². The van der Waals surface area contributed by atoms with Crippen LogP contribution < -0.4 is 10.6 Å². The fourth-order valence-corrected chi connectivity index (χ4v) is 7.12. The number of carbonyl (C=O) groups excluding carboxylic acids is 3. The molecule has 0 aliphatic heterocycles. The van der Waals surface area contributed by atoms with Gasteiger partial charge in [-0.15, -0.1) is 0 Å². The van der Waals surface area contributed by atoms with Crippen LogP contribution in [0.1, 0.15) is 226 Å². The van der Waals surface area contributed by atoms with Gasteiger partial charge in [-0.05, 0) is 77.0 Å². The molecular weight excluding hydrogens is 753 g/mol. The summed E-state index contributed by atoms with van der Waals surface area (Å²) in [5, 5.41) is 22.6. The summed E-state index contributed by atoms with van der Waals surface area (Å²) in [6, 6.07) is -1.38. The number of allylic oxidation sites excluding steroid dienone is 8. The number of rotatable bonds is 44. The summed E-state index contributed by atoms with van der Waals surface area (Å²) in [5.41, 5.74) is 0. The molecule has 2 amide bonds. The summed E-state index contributed by atoms with van der Waals surface area (Å²) in [6.45, 7) is 3.38. The molecule has 2 atom stereocenters. The van der Waals surface area contributed by atoms with Crippen LogP contribution >= 0.6 is 0 Å². The topological polar surface area (TPSA) is 142 Å². The van der Waals surface area contributed by atoms with Gasteiger partial charge in [0.05, 0.1) is 13.2 Å². The number of unbranched alkanes of at least 4 members (excludes halogenated alkanes) is 22. The molecule has 2 unspecified atom stereocenters. The Kier molecular flexibility index (Phi) is 42.9. The van der Waals surface area contributed by atoms with Crippen LogP contribution in [0.25, 0.3) is 0 Å². The Morgan fingerprint density at radius 2 is 0.950 bits per heavy atom. The van der Waals surface area contributed by atoms with Gasteiger partial charge in [-0.2, -0.15) is 0 Å². The van der Waals surface area contributed by atoms with E-state index in [2.05, 4.69) is 73.1 Å². The molecule has 9 heteroatoms. The van der Waals surface area contributed by atoms with Crippen molar-refractivity contribution in [3.63, 3.8) is 0 Å². The maximum Gasteiger partial charge on any atom is 0.328 e. The Bertz CT molecular complexity index is 1150. The predicted octanol–water partition coefficient (Wildman–Crippen LogP) is 12.7. The third kappa shape index (κ3) is 41.5. The number of esters is 1. The number of carboxylic acids is 1. The van der Waals surface area contributed by atoms with Crippen molar-refractivity contribution < 1.29 is 34.1 Å². The smallest absolute Gasteiger partial charge is 0.328 e. The van der Waals surface area contributed by atoms with E-state index in [1.165, 1.54) is 109 Å².